The Labute approximate surface area is 140 Å². The van der Waals surface area contributed by atoms with Crippen LogP contribution >= 0.6 is 11.8 Å². The van der Waals surface area contributed by atoms with E-state index in [2.05, 4.69) is 12.1 Å². The van der Waals surface area contributed by atoms with Crippen molar-refractivity contribution in [1.29, 1.82) is 0 Å². The lowest BCUT2D eigenvalue weighted by Gasteiger charge is -2.07. The van der Waals surface area contributed by atoms with Crippen molar-refractivity contribution in [2.75, 3.05) is 13.2 Å². The van der Waals surface area contributed by atoms with Crippen molar-refractivity contribution in [2.45, 2.75) is 16.1 Å². The molecule has 0 unspecified atom stereocenters. The zero-order valence-electron chi connectivity index (χ0n) is 12.6. The Morgan fingerprint density at radius 1 is 0.739 bits per heavy atom. The van der Waals surface area contributed by atoms with Gasteiger partial charge in [0, 0.05) is 15.4 Å². The van der Waals surface area contributed by atoms with Gasteiger partial charge in [-0.05, 0) is 36.4 Å². The van der Waals surface area contributed by atoms with Crippen LogP contribution in [0.2, 0.25) is 0 Å². The minimum Gasteiger partial charge on any atom is -0.508 e. The predicted octanol–water partition coefficient (Wildman–Crippen LogP) is 4.71. The third kappa shape index (κ3) is 4.73. The van der Waals surface area contributed by atoms with E-state index < -0.39 is 0 Å². The standard InChI is InChI=1S/C19H18O3S/c20-16-8-11-18(12-9-16)23-17-6-4-2-1-3-5-15(7-10-17)19-21-13-14-22-19/h1-12,19-20H,13-14H2. The van der Waals surface area contributed by atoms with E-state index in [1.807, 2.05) is 48.5 Å². The van der Waals surface area contributed by atoms with E-state index in [0.29, 0.717) is 13.2 Å². The molecule has 1 saturated heterocycles. The number of benzene rings is 1. The molecule has 3 rings (SSSR count). The lowest BCUT2D eigenvalue weighted by Crippen LogP contribution is -1.96. The van der Waals surface area contributed by atoms with E-state index in [9.17, 15) is 5.11 Å². The minimum absolute atomic E-state index is 0.274. The summed E-state index contributed by atoms with van der Waals surface area (Å²) in [4.78, 5) is 2.16. The molecule has 118 valence electrons. The second-order valence-corrected chi connectivity index (χ2v) is 6.16. The Morgan fingerprint density at radius 2 is 1.35 bits per heavy atom. The summed E-state index contributed by atoms with van der Waals surface area (Å²) in [5.74, 6) is 0.274. The van der Waals surface area contributed by atoms with Gasteiger partial charge >= 0.3 is 0 Å². The van der Waals surface area contributed by atoms with Gasteiger partial charge in [-0.3, -0.25) is 0 Å². The number of ether oxygens (including phenoxy) is 2. The summed E-state index contributed by atoms with van der Waals surface area (Å²) in [5, 5.41) is 9.38. The van der Waals surface area contributed by atoms with Gasteiger partial charge in [0.15, 0.2) is 6.29 Å². The van der Waals surface area contributed by atoms with Gasteiger partial charge in [0.25, 0.3) is 0 Å². The molecule has 0 aromatic heterocycles. The molecular formula is C19H18O3S. The summed E-state index contributed by atoms with van der Waals surface area (Å²) in [5.41, 5.74) is 0.992. The fourth-order valence-electron chi connectivity index (χ4n) is 2.16. The molecule has 3 nitrogen and oxygen atoms in total. The molecule has 1 fully saturated rings. The van der Waals surface area contributed by atoms with Crippen LogP contribution in [0.1, 0.15) is 11.9 Å². The summed E-state index contributed by atoms with van der Waals surface area (Å²) in [6, 6.07) is 23.3. The highest BCUT2D eigenvalue weighted by Gasteiger charge is 2.16. The summed E-state index contributed by atoms with van der Waals surface area (Å²) >= 11 is 1.64. The first-order chi connectivity index (χ1) is 11.3. The first kappa shape index (κ1) is 15.9. The summed E-state index contributed by atoms with van der Waals surface area (Å²) in [6.45, 7) is 1.26. The van der Waals surface area contributed by atoms with E-state index in [4.69, 9.17) is 9.47 Å². The fraction of sp³-hybridized carbons (Fsp3) is 0.158. The Kier molecular flexibility index (Phi) is 5.53. The van der Waals surface area contributed by atoms with Crippen molar-refractivity contribution in [2.24, 2.45) is 0 Å². The first-order valence-corrected chi connectivity index (χ1v) is 8.26. The number of aromatic hydroxyl groups is 1. The fourth-order valence-corrected chi connectivity index (χ4v) is 2.99. The predicted molar refractivity (Wildman–Crippen MR) is 90.9 cm³/mol. The molecule has 0 amide bonds. The number of rotatable bonds is 3. The van der Waals surface area contributed by atoms with Gasteiger partial charge in [-0.2, -0.15) is 0 Å². The highest BCUT2D eigenvalue weighted by atomic mass is 32.2. The molecule has 0 saturated carbocycles. The molecule has 0 aliphatic carbocycles. The second-order valence-electron chi connectivity index (χ2n) is 5.01. The van der Waals surface area contributed by atoms with E-state index in [0.717, 1.165) is 15.4 Å². The zero-order chi connectivity index (χ0) is 15.9. The summed E-state index contributed by atoms with van der Waals surface area (Å²) in [6.07, 6.45) is -0.292. The van der Waals surface area contributed by atoms with Crippen molar-refractivity contribution >= 4 is 11.8 Å². The highest BCUT2D eigenvalue weighted by Crippen LogP contribution is 2.29. The molecule has 0 spiro atoms. The number of phenols is 1. The van der Waals surface area contributed by atoms with Crippen LogP contribution in [-0.4, -0.2) is 18.3 Å². The number of phenolic OH excluding ortho intramolecular Hbond substituents is 1. The van der Waals surface area contributed by atoms with E-state index in [1.54, 1.807) is 23.9 Å². The monoisotopic (exact) mass is 326 g/mol. The van der Waals surface area contributed by atoms with Crippen molar-refractivity contribution in [3.8, 4) is 5.75 Å². The van der Waals surface area contributed by atoms with Crippen molar-refractivity contribution in [1.82, 2.24) is 0 Å². The maximum atomic E-state index is 9.38. The Morgan fingerprint density at radius 3 is 2.09 bits per heavy atom. The molecule has 2 aromatic carbocycles. The van der Waals surface area contributed by atoms with Crippen molar-refractivity contribution < 1.29 is 14.6 Å². The van der Waals surface area contributed by atoms with Gasteiger partial charge < -0.3 is 14.6 Å². The Balaban J connectivity index is 1.90. The maximum Gasteiger partial charge on any atom is 0.184 e. The topological polar surface area (TPSA) is 38.7 Å². The summed E-state index contributed by atoms with van der Waals surface area (Å²) in [7, 11) is 0. The van der Waals surface area contributed by atoms with Crippen LogP contribution in [0.25, 0.3) is 0 Å². The normalized spacial score (nSPS) is 14.4. The Hall–Kier alpha value is -2.01. The van der Waals surface area contributed by atoms with Crippen LogP contribution in [0.5, 0.6) is 5.75 Å². The van der Waals surface area contributed by atoms with Crippen molar-refractivity contribution in [3.05, 3.63) is 78.4 Å². The van der Waals surface area contributed by atoms with Gasteiger partial charge in [0.1, 0.15) is 5.75 Å². The molecule has 4 heteroatoms. The average Bonchev–Trinajstić information content (AvgIpc) is 3.10. The second kappa shape index (κ2) is 8.02. The Bertz CT molecular complexity index is 693. The molecule has 0 bridgehead atoms. The highest BCUT2D eigenvalue weighted by molar-refractivity contribution is 7.99. The first-order valence-electron chi connectivity index (χ1n) is 7.45. The SMILES string of the molecule is Oc1ccc(Sc2ccccccc(C3OCCO3)cc2)cc1. The van der Waals surface area contributed by atoms with Gasteiger partial charge in [-0.25, -0.2) is 0 Å². The quantitative estimate of drug-likeness (QED) is 0.886. The van der Waals surface area contributed by atoms with Crippen LogP contribution in [0.4, 0.5) is 0 Å². The van der Waals surface area contributed by atoms with Crippen LogP contribution in [-0.2, 0) is 9.47 Å². The largest absolute Gasteiger partial charge is 0.508 e. The molecule has 2 aromatic rings. The molecular weight excluding hydrogens is 308 g/mol. The molecule has 1 heterocycles. The molecule has 1 aliphatic heterocycles. The third-order valence-corrected chi connectivity index (χ3v) is 4.30. The van der Waals surface area contributed by atoms with Crippen LogP contribution in [0, 0.1) is 0 Å². The smallest absolute Gasteiger partial charge is 0.184 e. The molecule has 1 aliphatic rings. The third-order valence-electron chi connectivity index (χ3n) is 3.29. The maximum absolute atomic E-state index is 9.38. The average molecular weight is 326 g/mol. The molecule has 0 radical (unpaired) electrons. The molecule has 0 atom stereocenters. The zero-order valence-corrected chi connectivity index (χ0v) is 13.4. The van der Waals surface area contributed by atoms with Crippen LogP contribution in [0.15, 0.2) is 82.6 Å². The molecule has 1 N–H and O–H groups in total. The van der Waals surface area contributed by atoms with Crippen LogP contribution < -0.4 is 0 Å². The summed E-state index contributed by atoms with van der Waals surface area (Å²) < 4.78 is 11.2. The lowest BCUT2D eigenvalue weighted by molar-refractivity contribution is -0.0440. The van der Waals surface area contributed by atoms with Crippen molar-refractivity contribution in [3.63, 3.8) is 0 Å². The number of hydrogen-bond acceptors (Lipinski definition) is 4. The van der Waals surface area contributed by atoms with Gasteiger partial charge in [0.05, 0.1) is 13.2 Å². The van der Waals surface area contributed by atoms with E-state index in [-0.39, 0.29) is 12.0 Å². The van der Waals surface area contributed by atoms with E-state index in [1.165, 1.54) is 0 Å². The van der Waals surface area contributed by atoms with Gasteiger partial charge in [0.2, 0.25) is 0 Å². The van der Waals surface area contributed by atoms with E-state index >= 15 is 0 Å². The van der Waals surface area contributed by atoms with Gasteiger partial charge in [-0.1, -0.05) is 48.2 Å². The van der Waals surface area contributed by atoms with Crippen LogP contribution in [0.3, 0.4) is 0 Å². The van der Waals surface area contributed by atoms with Gasteiger partial charge in [-0.15, -0.1) is 0 Å². The lowest BCUT2D eigenvalue weighted by atomic mass is 10.2. The minimum atomic E-state index is -0.292. The number of hydrogen-bond donors (Lipinski definition) is 1. The molecule has 23 heavy (non-hydrogen) atoms.